The topological polar surface area (TPSA) is 92.7 Å². The van der Waals surface area contributed by atoms with Crippen molar-refractivity contribution in [2.24, 2.45) is 0 Å². The molecule has 2 aromatic heterocycles. The highest BCUT2D eigenvalue weighted by molar-refractivity contribution is 7.15. The molecule has 150 valence electrons. The number of carbonyl (C=O) groups is 1. The number of furan rings is 1. The number of nitro groups is 1. The van der Waals surface area contributed by atoms with Crippen molar-refractivity contribution in [2.45, 2.75) is 26.3 Å². The number of nitrogens with zero attached hydrogens (tertiary/aromatic N) is 4. The van der Waals surface area contributed by atoms with Gasteiger partial charge in [-0.05, 0) is 38.0 Å². The maximum absolute atomic E-state index is 13.1. The minimum Gasteiger partial charge on any atom is -0.395 e. The van der Waals surface area contributed by atoms with Crippen LogP contribution in [-0.4, -0.2) is 28.9 Å². The summed E-state index contributed by atoms with van der Waals surface area (Å²) in [6.45, 7) is 4.28. The van der Waals surface area contributed by atoms with Crippen molar-refractivity contribution >= 4 is 33.9 Å². The van der Waals surface area contributed by atoms with Gasteiger partial charge in [-0.15, -0.1) is 11.3 Å². The predicted molar refractivity (Wildman–Crippen MR) is 111 cm³/mol. The van der Waals surface area contributed by atoms with Crippen LogP contribution in [0.3, 0.4) is 0 Å². The average molecular weight is 412 g/mol. The van der Waals surface area contributed by atoms with Crippen molar-refractivity contribution in [2.75, 3.05) is 22.9 Å². The van der Waals surface area contributed by atoms with Crippen molar-refractivity contribution in [3.8, 4) is 0 Å². The summed E-state index contributed by atoms with van der Waals surface area (Å²) >= 11 is 1.56. The number of aryl methyl sites for hydroxylation is 1. The van der Waals surface area contributed by atoms with Gasteiger partial charge in [0.15, 0.2) is 10.9 Å². The van der Waals surface area contributed by atoms with Crippen molar-refractivity contribution in [1.82, 2.24) is 4.98 Å². The lowest BCUT2D eigenvalue weighted by Gasteiger charge is -2.21. The summed E-state index contributed by atoms with van der Waals surface area (Å²) in [5.74, 6) is -0.953. The number of aromatic nitrogens is 1. The molecule has 1 fully saturated rings. The maximum atomic E-state index is 13.1. The van der Waals surface area contributed by atoms with Crippen LogP contribution in [0.15, 0.2) is 47.0 Å². The largest absolute Gasteiger partial charge is 0.433 e. The summed E-state index contributed by atoms with van der Waals surface area (Å²) in [5, 5.41) is 11.9. The summed E-state index contributed by atoms with van der Waals surface area (Å²) in [4.78, 5) is 32.6. The molecule has 0 atom stereocenters. The van der Waals surface area contributed by atoms with Crippen molar-refractivity contribution in [3.05, 3.63) is 68.9 Å². The van der Waals surface area contributed by atoms with Gasteiger partial charge in [0.2, 0.25) is 0 Å². The van der Waals surface area contributed by atoms with E-state index in [0.29, 0.717) is 12.2 Å². The van der Waals surface area contributed by atoms with Gasteiger partial charge in [-0.2, -0.15) is 0 Å². The van der Waals surface area contributed by atoms with Crippen LogP contribution < -0.4 is 9.80 Å². The molecular formula is C20H20N4O4S. The van der Waals surface area contributed by atoms with E-state index in [1.54, 1.807) is 22.4 Å². The number of carbonyl (C=O) groups excluding carboxylic acids is 1. The first-order valence-electron chi connectivity index (χ1n) is 9.33. The normalized spacial score (nSPS) is 13.6. The van der Waals surface area contributed by atoms with Gasteiger partial charge in [-0.25, -0.2) is 4.98 Å². The zero-order chi connectivity index (χ0) is 20.4. The van der Waals surface area contributed by atoms with Gasteiger partial charge in [0.05, 0.1) is 12.6 Å². The fourth-order valence-corrected chi connectivity index (χ4v) is 4.21. The molecule has 1 amide bonds. The molecule has 0 N–H and O–H groups in total. The minimum absolute atomic E-state index is 0.0680. The molecule has 0 unspecified atom stereocenters. The number of anilines is 2. The Bertz CT molecular complexity index is 1020. The lowest BCUT2D eigenvalue weighted by molar-refractivity contribution is -0.402. The zero-order valence-electron chi connectivity index (χ0n) is 15.9. The monoisotopic (exact) mass is 412 g/mol. The summed E-state index contributed by atoms with van der Waals surface area (Å²) in [7, 11) is 0. The Kier molecular flexibility index (Phi) is 5.30. The van der Waals surface area contributed by atoms with Gasteiger partial charge in [0.25, 0.3) is 5.91 Å². The molecule has 3 aromatic rings. The number of thiazole rings is 1. The molecule has 0 radical (unpaired) electrons. The molecule has 4 rings (SSSR count). The van der Waals surface area contributed by atoms with Gasteiger partial charge in [-0.3, -0.25) is 14.9 Å². The summed E-state index contributed by atoms with van der Waals surface area (Å²) in [6, 6.07) is 10.1. The molecule has 8 nitrogen and oxygen atoms in total. The van der Waals surface area contributed by atoms with Crippen LogP contribution in [0.2, 0.25) is 0 Å². The van der Waals surface area contributed by atoms with Crippen LogP contribution in [0, 0.1) is 17.0 Å². The second kappa shape index (κ2) is 8.04. The van der Waals surface area contributed by atoms with Gasteiger partial charge < -0.3 is 14.2 Å². The molecule has 0 saturated carbocycles. The quantitative estimate of drug-likeness (QED) is 0.440. The van der Waals surface area contributed by atoms with Crippen LogP contribution >= 0.6 is 11.3 Å². The summed E-state index contributed by atoms with van der Waals surface area (Å²) < 4.78 is 5.15. The summed E-state index contributed by atoms with van der Waals surface area (Å²) in [6.07, 6.45) is 4.12. The first kappa shape index (κ1) is 19.1. The van der Waals surface area contributed by atoms with Crippen LogP contribution in [0.4, 0.5) is 16.7 Å². The molecule has 1 aliphatic rings. The number of amides is 1. The van der Waals surface area contributed by atoms with E-state index in [1.807, 2.05) is 31.2 Å². The van der Waals surface area contributed by atoms with E-state index < -0.39 is 16.7 Å². The smallest absolute Gasteiger partial charge is 0.395 e. The predicted octanol–water partition coefficient (Wildman–Crippen LogP) is 4.40. The standard InChI is InChI=1S/C20H20N4O4S/c1-14-4-6-15(7-5-14)23(19(25)17-8-9-18(28-17)24(26)27)13-16-12-21-20(29-16)22-10-2-3-11-22/h4-9,12H,2-3,10-11,13H2,1H3. The molecular weight excluding hydrogens is 392 g/mol. The highest BCUT2D eigenvalue weighted by atomic mass is 32.1. The van der Waals surface area contributed by atoms with Gasteiger partial charge in [0, 0.05) is 29.9 Å². The van der Waals surface area contributed by atoms with E-state index >= 15 is 0 Å². The van der Waals surface area contributed by atoms with Crippen LogP contribution in [0.1, 0.15) is 33.8 Å². The Hall–Kier alpha value is -3.20. The van der Waals surface area contributed by atoms with E-state index in [9.17, 15) is 14.9 Å². The number of hydrogen-bond donors (Lipinski definition) is 0. The van der Waals surface area contributed by atoms with Gasteiger partial charge >= 0.3 is 5.88 Å². The third-order valence-electron chi connectivity index (χ3n) is 4.81. The molecule has 0 spiro atoms. The average Bonchev–Trinajstić information content (AvgIpc) is 3.47. The van der Waals surface area contributed by atoms with E-state index in [4.69, 9.17) is 4.42 Å². The van der Waals surface area contributed by atoms with Crippen LogP contribution in [0.25, 0.3) is 0 Å². The van der Waals surface area contributed by atoms with Crippen molar-refractivity contribution < 1.29 is 14.1 Å². The van der Waals surface area contributed by atoms with Crippen LogP contribution in [-0.2, 0) is 6.54 Å². The second-order valence-electron chi connectivity index (χ2n) is 6.93. The van der Waals surface area contributed by atoms with E-state index in [-0.39, 0.29) is 5.76 Å². The molecule has 9 heteroatoms. The molecule has 29 heavy (non-hydrogen) atoms. The Labute approximate surface area is 171 Å². The van der Waals surface area contributed by atoms with E-state index in [1.165, 1.54) is 25.0 Å². The Morgan fingerprint density at radius 2 is 1.97 bits per heavy atom. The van der Waals surface area contributed by atoms with E-state index in [0.717, 1.165) is 28.7 Å². The highest BCUT2D eigenvalue weighted by Crippen LogP contribution is 2.29. The molecule has 1 aliphatic heterocycles. The molecule has 1 aromatic carbocycles. The Morgan fingerprint density at radius 1 is 1.24 bits per heavy atom. The minimum atomic E-state index is -0.654. The van der Waals surface area contributed by atoms with Gasteiger partial charge in [-0.1, -0.05) is 17.7 Å². The van der Waals surface area contributed by atoms with E-state index in [2.05, 4.69) is 9.88 Å². The van der Waals surface area contributed by atoms with Crippen LogP contribution in [0.5, 0.6) is 0 Å². The molecule has 0 aliphatic carbocycles. The Morgan fingerprint density at radius 3 is 2.62 bits per heavy atom. The van der Waals surface area contributed by atoms with Crippen molar-refractivity contribution in [3.63, 3.8) is 0 Å². The lowest BCUT2D eigenvalue weighted by atomic mass is 10.2. The van der Waals surface area contributed by atoms with Crippen molar-refractivity contribution in [1.29, 1.82) is 0 Å². The molecule has 3 heterocycles. The molecule has 1 saturated heterocycles. The Balaban J connectivity index is 1.62. The van der Waals surface area contributed by atoms with Gasteiger partial charge in [0.1, 0.15) is 4.92 Å². The highest BCUT2D eigenvalue weighted by Gasteiger charge is 2.25. The maximum Gasteiger partial charge on any atom is 0.433 e. The fraction of sp³-hybridized carbons (Fsp3) is 0.300. The fourth-order valence-electron chi connectivity index (χ4n) is 3.26. The summed E-state index contributed by atoms with van der Waals surface area (Å²) in [5.41, 5.74) is 1.76. The third-order valence-corrected chi connectivity index (χ3v) is 5.85. The number of hydrogen-bond acceptors (Lipinski definition) is 7. The lowest BCUT2D eigenvalue weighted by Crippen LogP contribution is -2.29. The first-order valence-corrected chi connectivity index (χ1v) is 10.2. The molecule has 0 bridgehead atoms. The first-order chi connectivity index (χ1) is 14.0. The zero-order valence-corrected chi connectivity index (χ0v) is 16.7. The number of rotatable bonds is 6. The SMILES string of the molecule is Cc1ccc(N(Cc2cnc(N3CCCC3)s2)C(=O)c2ccc([N+](=O)[O-])o2)cc1. The number of benzene rings is 1. The third kappa shape index (κ3) is 4.14. The second-order valence-corrected chi connectivity index (χ2v) is 8.02.